The van der Waals surface area contributed by atoms with Gasteiger partial charge >= 0.3 is 11.9 Å². The zero-order valence-electron chi connectivity index (χ0n) is 18.5. The van der Waals surface area contributed by atoms with E-state index in [1.54, 1.807) is 66.7 Å². The summed E-state index contributed by atoms with van der Waals surface area (Å²) in [6.07, 6.45) is 6.96. The summed E-state index contributed by atoms with van der Waals surface area (Å²) in [6.45, 7) is 0. The van der Waals surface area contributed by atoms with E-state index in [-0.39, 0.29) is 11.8 Å². The van der Waals surface area contributed by atoms with Crippen LogP contribution in [0.2, 0.25) is 0 Å². The molecule has 0 N–H and O–H groups in total. The molecule has 0 aliphatic heterocycles. The lowest BCUT2D eigenvalue weighted by molar-refractivity contribution is 0.0633. The molecule has 2 atom stereocenters. The number of hydrogen-bond donors (Lipinski definition) is 0. The second-order valence-electron chi connectivity index (χ2n) is 7.96. The van der Waals surface area contributed by atoms with Crippen molar-refractivity contribution in [3.8, 4) is 11.8 Å². The van der Waals surface area contributed by atoms with Crippen LogP contribution < -0.4 is 4.74 Å². The summed E-state index contributed by atoms with van der Waals surface area (Å²) in [6, 6.07) is 27.1. The Bertz CT molecular complexity index is 1240. The van der Waals surface area contributed by atoms with Crippen LogP contribution >= 0.6 is 0 Å². The van der Waals surface area contributed by atoms with Crippen molar-refractivity contribution in [1.82, 2.24) is 0 Å². The van der Waals surface area contributed by atoms with Gasteiger partial charge in [-0.25, -0.2) is 9.59 Å². The minimum Gasteiger partial charge on any atom is -0.423 e. The molecule has 0 spiro atoms. The van der Waals surface area contributed by atoms with E-state index in [0.717, 1.165) is 5.56 Å². The van der Waals surface area contributed by atoms with Gasteiger partial charge in [0.1, 0.15) is 11.5 Å². The third-order valence-electron chi connectivity index (χ3n) is 5.57. The van der Waals surface area contributed by atoms with E-state index in [9.17, 15) is 14.9 Å². The van der Waals surface area contributed by atoms with Crippen molar-refractivity contribution < 1.29 is 19.1 Å². The summed E-state index contributed by atoms with van der Waals surface area (Å²) in [5.41, 5.74) is 1.84. The summed E-state index contributed by atoms with van der Waals surface area (Å²) < 4.78 is 10.9. The van der Waals surface area contributed by atoms with Gasteiger partial charge in [0.25, 0.3) is 0 Å². The molecule has 34 heavy (non-hydrogen) atoms. The smallest absolute Gasteiger partial charge is 0.343 e. The number of rotatable bonds is 7. The maximum Gasteiger partial charge on any atom is 0.343 e. The molecule has 1 aliphatic rings. The summed E-state index contributed by atoms with van der Waals surface area (Å²) >= 11 is 0. The highest BCUT2D eigenvalue weighted by Crippen LogP contribution is 2.30. The van der Waals surface area contributed by atoms with Gasteiger partial charge in [-0.1, -0.05) is 54.6 Å². The zero-order valence-corrected chi connectivity index (χ0v) is 18.5. The molecule has 2 unspecified atom stereocenters. The van der Waals surface area contributed by atoms with Crippen LogP contribution in [0, 0.1) is 17.2 Å². The molecule has 0 saturated heterocycles. The Kier molecular flexibility index (Phi) is 7.32. The minimum atomic E-state index is -0.423. The number of ether oxygens (including phenoxy) is 2. The Morgan fingerprint density at radius 2 is 1.44 bits per heavy atom. The molecule has 0 bridgehead atoms. The van der Waals surface area contributed by atoms with E-state index in [1.807, 2.05) is 36.4 Å². The first-order valence-electron chi connectivity index (χ1n) is 11.0. The molecule has 5 nitrogen and oxygen atoms in total. The molecule has 5 heteroatoms. The Hall–Kier alpha value is -4.43. The van der Waals surface area contributed by atoms with E-state index in [0.29, 0.717) is 35.5 Å². The van der Waals surface area contributed by atoms with Gasteiger partial charge in [0.15, 0.2) is 0 Å². The Labute approximate surface area is 198 Å². The van der Waals surface area contributed by atoms with E-state index in [4.69, 9.17) is 9.47 Å². The molecule has 1 aliphatic carbocycles. The highest BCUT2D eigenvalue weighted by atomic mass is 16.5. The first kappa shape index (κ1) is 22.8. The quantitative estimate of drug-likeness (QED) is 0.316. The van der Waals surface area contributed by atoms with Crippen LogP contribution in [-0.2, 0) is 4.74 Å². The Balaban J connectivity index is 1.31. The minimum absolute atomic E-state index is 0.152. The fourth-order valence-electron chi connectivity index (χ4n) is 3.71. The largest absolute Gasteiger partial charge is 0.423 e. The number of nitriles is 1. The number of carbonyl (C=O) groups excluding carboxylic acids is 2. The molecule has 0 fully saturated rings. The van der Waals surface area contributed by atoms with Crippen LogP contribution in [0.4, 0.5) is 0 Å². The molecular formula is C29H23NO4. The lowest BCUT2D eigenvalue weighted by Gasteiger charge is -2.19. The topological polar surface area (TPSA) is 76.4 Å². The molecule has 0 aromatic heterocycles. The fourth-order valence-corrected chi connectivity index (χ4v) is 3.71. The summed E-state index contributed by atoms with van der Waals surface area (Å²) in [7, 11) is 0. The van der Waals surface area contributed by atoms with E-state index < -0.39 is 11.9 Å². The first-order valence-corrected chi connectivity index (χ1v) is 11.0. The fraction of sp³-hybridized carbons (Fsp3) is 0.138. The van der Waals surface area contributed by atoms with Gasteiger partial charge in [0.2, 0.25) is 0 Å². The predicted octanol–water partition coefficient (Wildman–Crippen LogP) is 6.22. The second kappa shape index (κ2) is 10.9. The molecule has 0 heterocycles. The van der Waals surface area contributed by atoms with Gasteiger partial charge in [0.05, 0.1) is 23.1 Å². The van der Waals surface area contributed by atoms with Gasteiger partial charge in [-0.2, -0.15) is 5.26 Å². The number of nitrogens with zero attached hydrogens (tertiary/aromatic N) is 1. The third-order valence-corrected chi connectivity index (χ3v) is 5.57. The Morgan fingerprint density at radius 1 is 0.853 bits per heavy atom. The predicted molar refractivity (Wildman–Crippen MR) is 128 cm³/mol. The normalized spacial score (nSPS) is 15.5. The maximum absolute atomic E-state index is 12.2. The van der Waals surface area contributed by atoms with Gasteiger partial charge in [0, 0.05) is 0 Å². The van der Waals surface area contributed by atoms with Gasteiger partial charge < -0.3 is 9.47 Å². The van der Waals surface area contributed by atoms with Crippen LogP contribution in [0.1, 0.15) is 45.0 Å². The van der Waals surface area contributed by atoms with E-state index >= 15 is 0 Å². The van der Waals surface area contributed by atoms with Gasteiger partial charge in [-0.3, -0.25) is 0 Å². The zero-order chi connectivity index (χ0) is 23.8. The van der Waals surface area contributed by atoms with Crippen LogP contribution in [0.15, 0.2) is 109 Å². The highest BCUT2D eigenvalue weighted by Gasteiger charge is 2.19. The number of esters is 2. The highest BCUT2D eigenvalue weighted by molar-refractivity contribution is 5.91. The molecule has 0 saturated carbocycles. The summed E-state index contributed by atoms with van der Waals surface area (Å²) in [5.74, 6) is -0.0244. The van der Waals surface area contributed by atoms with Crippen LogP contribution in [0.5, 0.6) is 5.75 Å². The monoisotopic (exact) mass is 449 g/mol. The number of hydrogen-bond acceptors (Lipinski definition) is 5. The van der Waals surface area contributed by atoms with Crippen LogP contribution in [0.25, 0.3) is 0 Å². The molecule has 3 aromatic rings. The lowest BCUT2D eigenvalue weighted by Crippen LogP contribution is -2.10. The van der Waals surface area contributed by atoms with E-state index in [1.165, 1.54) is 0 Å². The third kappa shape index (κ3) is 5.87. The molecular weight excluding hydrogens is 426 g/mol. The molecule has 168 valence electrons. The van der Waals surface area contributed by atoms with Crippen molar-refractivity contribution in [2.75, 3.05) is 0 Å². The molecule has 3 aromatic carbocycles. The number of benzene rings is 3. The molecule has 4 rings (SSSR count). The average molecular weight is 450 g/mol. The average Bonchev–Trinajstić information content (AvgIpc) is 2.90. The van der Waals surface area contributed by atoms with Crippen molar-refractivity contribution in [3.63, 3.8) is 0 Å². The number of allylic oxidation sites excluding steroid dienone is 3. The summed E-state index contributed by atoms with van der Waals surface area (Å²) in [5, 5.41) is 9.73. The molecule has 0 radical (unpaired) electrons. The SMILES string of the molecule is N#CC(CC1C=CC(OC(=O)c2ccccc2)=CC1)c1ccc(OC(=O)c2ccccc2)cc1. The van der Waals surface area contributed by atoms with Crippen molar-refractivity contribution in [1.29, 1.82) is 5.26 Å². The lowest BCUT2D eigenvalue weighted by atomic mass is 9.86. The van der Waals surface area contributed by atoms with Crippen molar-refractivity contribution >= 4 is 11.9 Å². The molecule has 0 amide bonds. The Morgan fingerprint density at radius 3 is 1.97 bits per heavy atom. The second-order valence-corrected chi connectivity index (χ2v) is 7.96. The van der Waals surface area contributed by atoms with Crippen molar-refractivity contribution in [2.24, 2.45) is 5.92 Å². The summed E-state index contributed by atoms with van der Waals surface area (Å²) in [4.78, 5) is 24.4. The van der Waals surface area contributed by atoms with Gasteiger partial charge in [-0.05, 0) is 72.9 Å². The first-order chi connectivity index (χ1) is 16.6. The van der Waals surface area contributed by atoms with Crippen molar-refractivity contribution in [3.05, 3.63) is 126 Å². The van der Waals surface area contributed by atoms with Crippen LogP contribution in [-0.4, -0.2) is 11.9 Å². The van der Waals surface area contributed by atoms with E-state index in [2.05, 4.69) is 6.07 Å². The van der Waals surface area contributed by atoms with Crippen LogP contribution in [0.3, 0.4) is 0 Å². The maximum atomic E-state index is 12.2. The van der Waals surface area contributed by atoms with Gasteiger partial charge in [-0.15, -0.1) is 0 Å². The number of carbonyl (C=O) groups is 2. The van der Waals surface area contributed by atoms with Crippen molar-refractivity contribution in [2.45, 2.75) is 18.8 Å². The standard InChI is InChI=1S/C29H23NO4/c30-20-25(22-13-17-27(18-14-22)34-29(32)24-9-5-2-6-10-24)19-21-11-15-26(16-12-21)33-28(31)23-7-3-1-4-8-23/h1-11,13-18,21,25H,12,19H2.